The minimum atomic E-state index is -0.664. The highest BCUT2D eigenvalue weighted by atomic mass is 32.2. The quantitative estimate of drug-likeness (QED) is 0.358. The summed E-state index contributed by atoms with van der Waals surface area (Å²) in [6.45, 7) is 3.39. The number of thioether (sulfide) groups is 1. The second kappa shape index (κ2) is 5.67. The van der Waals surface area contributed by atoms with Crippen LogP contribution < -0.4 is 0 Å². The number of carbonyl (C=O) groups excluding carboxylic acids is 1. The largest absolute Gasteiger partial charge is 0.459 e. The monoisotopic (exact) mass is 255 g/mol. The summed E-state index contributed by atoms with van der Waals surface area (Å²) in [5.41, 5.74) is -0.232. The fourth-order valence-corrected chi connectivity index (χ4v) is 1.68. The van der Waals surface area contributed by atoms with Crippen molar-refractivity contribution in [3.63, 3.8) is 0 Å². The van der Waals surface area contributed by atoms with E-state index >= 15 is 0 Å². The van der Waals surface area contributed by atoms with Crippen LogP contribution in [0.2, 0.25) is 0 Å². The lowest BCUT2D eigenvalue weighted by Crippen LogP contribution is -2.13. The van der Waals surface area contributed by atoms with Crippen LogP contribution in [0, 0.1) is 10.1 Å². The van der Waals surface area contributed by atoms with Gasteiger partial charge in [0.25, 0.3) is 5.69 Å². The number of nitro benzene ring substituents is 1. The van der Waals surface area contributed by atoms with E-state index in [9.17, 15) is 14.9 Å². The Morgan fingerprint density at radius 1 is 1.47 bits per heavy atom. The average Bonchev–Trinajstić information content (AvgIpc) is 2.27. The van der Waals surface area contributed by atoms with E-state index in [2.05, 4.69) is 0 Å². The standard InChI is InChI=1S/C11H13NO4S/c1-7(2)16-11(13)9-6-8(17-3)4-5-10(9)12(14)15/h4-7H,1-3H3. The third kappa shape index (κ3) is 3.45. The molecule has 6 heteroatoms. The minimum Gasteiger partial charge on any atom is -0.459 e. The van der Waals surface area contributed by atoms with E-state index in [0.29, 0.717) is 0 Å². The number of esters is 1. The predicted octanol–water partition coefficient (Wildman–Crippen LogP) is 2.88. The molecule has 0 amide bonds. The van der Waals surface area contributed by atoms with Crippen molar-refractivity contribution in [3.05, 3.63) is 33.9 Å². The number of nitro groups is 1. The van der Waals surface area contributed by atoms with Crippen LogP contribution >= 0.6 is 11.8 Å². The van der Waals surface area contributed by atoms with Crippen molar-refractivity contribution in [1.82, 2.24) is 0 Å². The maximum atomic E-state index is 11.7. The van der Waals surface area contributed by atoms with Gasteiger partial charge in [-0.3, -0.25) is 10.1 Å². The van der Waals surface area contributed by atoms with Crippen molar-refractivity contribution < 1.29 is 14.5 Å². The molecule has 1 aromatic carbocycles. The van der Waals surface area contributed by atoms with Gasteiger partial charge < -0.3 is 4.74 Å². The van der Waals surface area contributed by atoms with Crippen LogP contribution in [-0.4, -0.2) is 23.3 Å². The van der Waals surface area contributed by atoms with Crippen LogP contribution in [0.25, 0.3) is 0 Å². The average molecular weight is 255 g/mol. The molecule has 0 N–H and O–H groups in total. The van der Waals surface area contributed by atoms with Crippen LogP contribution in [-0.2, 0) is 4.74 Å². The van der Waals surface area contributed by atoms with Gasteiger partial charge in [0.1, 0.15) is 5.56 Å². The van der Waals surface area contributed by atoms with Crippen molar-refractivity contribution in [2.45, 2.75) is 24.8 Å². The second-order valence-electron chi connectivity index (χ2n) is 3.59. The molecule has 0 aliphatic rings. The van der Waals surface area contributed by atoms with Gasteiger partial charge in [0.2, 0.25) is 0 Å². The topological polar surface area (TPSA) is 69.4 Å². The van der Waals surface area contributed by atoms with Crippen LogP contribution in [0.3, 0.4) is 0 Å². The fraction of sp³-hybridized carbons (Fsp3) is 0.364. The van der Waals surface area contributed by atoms with E-state index in [0.717, 1.165) is 4.90 Å². The molecule has 0 saturated heterocycles. The van der Waals surface area contributed by atoms with Gasteiger partial charge in [-0.05, 0) is 32.2 Å². The van der Waals surface area contributed by atoms with Crippen LogP contribution in [0.15, 0.2) is 23.1 Å². The molecule has 0 aliphatic carbocycles. The lowest BCUT2D eigenvalue weighted by molar-refractivity contribution is -0.385. The fourth-order valence-electron chi connectivity index (χ4n) is 1.24. The zero-order chi connectivity index (χ0) is 13.0. The van der Waals surface area contributed by atoms with Gasteiger partial charge >= 0.3 is 5.97 Å². The SMILES string of the molecule is CSc1ccc([N+](=O)[O-])c(C(=O)OC(C)C)c1. The van der Waals surface area contributed by atoms with Gasteiger partial charge in [0.05, 0.1) is 11.0 Å². The Morgan fingerprint density at radius 2 is 2.12 bits per heavy atom. The second-order valence-corrected chi connectivity index (χ2v) is 4.47. The summed E-state index contributed by atoms with van der Waals surface area (Å²) in [5, 5.41) is 10.8. The van der Waals surface area contributed by atoms with Gasteiger partial charge in [-0.1, -0.05) is 0 Å². The van der Waals surface area contributed by atoms with Gasteiger partial charge in [-0.2, -0.15) is 0 Å². The van der Waals surface area contributed by atoms with Crippen LogP contribution in [0.1, 0.15) is 24.2 Å². The molecule has 0 atom stereocenters. The first-order chi connectivity index (χ1) is 7.95. The van der Waals surface area contributed by atoms with E-state index in [4.69, 9.17) is 4.74 Å². The number of hydrogen-bond donors (Lipinski definition) is 0. The zero-order valence-corrected chi connectivity index (χ0v) is 10.6. The summed E-state index contributed by atoms with van der Waals surface area (Å²) < 4.78 is 4.97. The molecule has 0 bridgehead atoms. The number of nitrogens with zero attached hydrogens (tertiary/aromatic N) is 1. The molecule has 0 aromatic heterocycles. The Kier molecular flexibility index (Phi) is 4.51. The van der Waals surface area contributed by atoms with Crippen molar-refractivity contribution in [2.75, 3.05) is 6.26 Å². The molecule has 1 rings (SSSR count). The highest BCUT2D eigenvalue weighted by Gasteiger charge is 2.22. The summed E-state index contributed by atoms with van der Waals surface area (Å²) >= 11 is 1.41. The zero-order valence-electron chi connectivity index (χ0n) is 9.80. The number of benzene rings is 1. The molecular weight excluding hydrogens is 242 g/mol. The third-order valence-corrected chi connectivity index (χ3v) is 2.69. The first-order valence-electron chi connectivity index (χ1n) is 4.99. The first kappa shape index (κ1) is 13.5. The normalized spacial score (nSPS) is 10.4. The molecule has 0 radical (unpaired) electrons. The molecular formula is C11H13NO4S. The highest BCUT2D eigenvalue weighted by Crippen LogP contribution is 2.25. The third-order valence-electron chi connectivity index (χ3n) is 1.96. The number of ether oxygens (including phenoxy) is 1. The van der Waals surface area contributed by atoms with E-state index in [1.165, 1.54) is 23.9 Å². The van der Waals surface area contributed by atoms with Gasteiger partial charge in [-0.25, -0.2) is 4.79 Å². The maximum absolute atomic E-state index is 11.7. The summed E-state index contributed by atoms with van der Waals surface area (Å²) in [7, 11) is 0. The molecule has 0 spiro atoms. The van der Waals surface area contributed by atoms with Crippen LogP contribution in [0.4, 0.5) is 5.69 Å². The van der Waals surface area contributed by atoms with Crippen molar-refractivity contribution in [3.8, 4) is 0 Å². The first-order valence-corrected chi connectivity index (χ1v) is 6.21. The van der Waals surface area contributed by atoms with E-state index < -0.39 is 10.9 Å². The molecule has 17 heavy (non-hydrogen) atoms. The Morgan fingerprint density at radius 3 is 2.59 bits per heavy atom. The minimum absolute atomic E-state index is 0.00412. The molecule has 5 nitrogen and oxygen atoms in total. The van der Waals surface area contributed by atoms with Crippen molar-refractivity contribution in [1.29, 1.82) is 0 Å². The summed E-state index contributed by atoms with van der Waals surface area (Å²) in [4.78, 5) is 22.7. The van der Waals surface area contributed by atoms with E-state index in [-0.39, 0.29) is 17.4 Å². The van der Waals surface area contributed by atoms with Gasteiger partial charge in [0, 0.05) is 11.0 Å². The lowest BCUT2D eigenvalue weighted by atomic mass is 10.2. The van der Waals surface area contributed by atoms with Gasteiger partial charge in [-0.15, -0.1) is 11.8 Å². The molecule has 92 valence electrons. The molecule has 0 aliphatic heterocycles. The Labute approximate surface area is 103 Å². The maximum Gasteiger partial charge on any atom is 0.345 e. The molecule has 0 heterocycles. The molecule has 0 unspecified atom stereocenters. The number of rotatable bonds is 4. The Balaban J connectivity index is 3.17. The van der Waals surface area contributed by atoms with Crippen molar-refractivity contribution in [2.24, 2.45) is 0 Å². The van der Waals surface area contributed by atoms with Crippen LogP contribution in [0.5, 0.6) is 0 Å². The Bertz CT molecular complexity index is 445. The number of hydrogen-bond acceptors (Lipinski definition) is 5. The van der Waals surface area contributed by atoms with E-state index in [1.807, 2.05) is 6.26 Å². The molecule has 0 fully saturated rings. The summed E-state index contributed by atoms with van der Waals surface area (Å²) in [6.07, 6.45) is 1.53. The number of carbonyl (C=O) groups is 1. The van der Waals surface area contributed by atoms with Gasteiger partial charge in [0.15, 0.2) is 0 Å². The van der Waals surface area contributed by atoms with E-state index in [1.54, 1.807) is 19.9 Å². The predicted molar refractivity (Wildman–Crippen MR) is 65.4 cm³/mol. The smallest absolute Gasteiger partial charge is 0.345 e. The summed E-state index contributed by atoms with van der Waals surface area (Å²) in [6, 6.07) is 4.41. The highest BCUT2D eigenvalue weighted by molar-refractivity contribution is 7.98. The molecule has 1 aromatic rings. The van der Waals surface area contributed by atoms with Crippen molar-refractivity contribution >= 4 is 23.4 Å². The molecule has 0 saturated carbocycles. The summed E-state index contributed by atoms with van der Waals surface area (Å²) in [5.74, 6) is -0.664. The lowest BCUT2D eigenvalue weighted by Gasteiger charge is -2.08. The Hall–Kier alpha value is -1.56.